The van der Waals surface area contributed by atoms with Crippen LogP contribution in [-0.4, -0.2) is 16.1 Å². The summed E-state index contributed by atoms with van der Waals surface area (Å²) in [5.41, 5.74) is 4.07. The lowest BCUT2D eigenvalue weighted by Gasteiger charge is -2.19. The van der Waals surface area contributed by atoms with E-state index in [9.17, 15) is 4.79 Å². The van der Waals surface area contributed by atoms with Crippen molar-refractivity contribution in [1.82, 2.24) is 9.55 Å². The highest BCUT2D eigenvalue weighted by Crippen LogP contribution is 2.28. The third-order valence-corrected chi connectivity index (χ3v) is 4.52. The number of nitrogens with zero attached hydrogens (tertiary/aromatic N) is 2. The number of hydrogen-bond donors (Lipinski definition) is 2. The Hall–Kier alpha value is -3.60. The second kappa shape index (κ2) is 7.56. The molecule has 4 rings (SSSR count). The Morgan fingerprint density at radius 2 is 1.64 bits per heavy atom. The topological polar surface area (TPSA) is 59.0 Å². The van der Waals surface area contributed by atoms with Crippen LogP contribution in [0.25, 0.3) is 16.7 Å². The molecule has 2 aromatic carbocycles. The minimum Gasteiger partial charge on any atom is -0.385 e. The van der Waals surface area contributed by atoms with Crippen LogP contribution in [0.15, 0.2) is 77.6 Å². The molecule has 5 heteroatoms. The monoisotopic (exact) mass is 370 g/mol. The molecule has 4 aromatic rings. The van der Waals surface area contributed by atoms with Gasteiger partial charge in [0.15, 0.2) is 11.1 Å². The van der Waals surface area contributed by atoms with Gasteiger partial charge in [0.05, 0.1) is 11.1 Å². The predicted molar refractivity (Wildman–Crippen MR) is 116 cm³/mol. The van der Waals surface area contributed by atoms with Crippen molar-refractivity contribution in [3.8, 4) is 5.69 Å². The number of fused-ring (bicyclic) bond motifs is 1. The minimum absolute atomic E-state index is 0.0657. The first-order chi connectivity index (χ1) is 13.7. The Bertz CT molecular complexity index is 1170. The van der Waals surface area contributed by atoms with Crippen LogP contribution in [0.2, 0.25) is 0 Å². The van der Waals surface area contributed by atoms with Crippen LogP contribution in [0.5, 0.6) is 0 Å². The third-order valence-electron chi connectivity index (χ3n) is 4.52. The highest BCUT2D eigenvalue weighted by atomic mass is 16.1. The van der Waals surface area contributed by atoms with Gasteiger partial charge in [0.2, 0.25) is 0 Å². The van der Waals surface area contributed by atoms with Gasteiger partial charge in [-0.2, -0.15) is 0 Å². The van der Waals surface area contributed by atoms with Crippen molar-refractivity contribution in [3.05, 3.63) is 88.7 Å². The quantitative estimate of drug-likeness (QED) is 0.526. The zero-order valence-corrected chi connectivity index (χ0v) is 15.9. The Balaban J connectivity index is 2.05. The molecule has 0 saturated carbocycles. The van der Waals surface area contributed by atoms with Crippen LogP contribution >= 0.6 is 0 Å². The maximum absolute atomic E-state index is 13.0. The number of aryl methyl sites for hydroxylation is 1. The van der Waals surface area contributed by atoms with Gasteiger partial charge in [-0.1, -0.05) is 36.4 Å². The Kier molecular flexibility index (Phi) is 4.81. The van der Waals surface area contributed by atoms with Crippen molar-refractivity contribution in [2.75, 3.05) is 17.2 Å². The number of benzene rings is 2. The normalized spacial score (nSPS) is 10.8. The standard InChI is InChI=1S/C23H22N4O/c1-3-24-19-14-16(2)25-23-22(19)20(28)15-21(26-17-10-6-4-7-11-17)27(23)18-12-8-5-9-13-18/h4-15,26H,3H2,1-2H3,(H,24,25). The smallest absolute Gasteiger partial charge is 0.195 e. The van der Waals surface area contributed by atoms with E-state index >= 15 is 0 Å². The fourth-order valence-corrected chi connectivity index (χ4v) is 3.37. The van der Waals surface area contributed by atoms with Gasteiger partial charge < -0.3 is 10.6 Å². The number of anilines is 3. The second-order valence-corrected chi connectivity index (χ2v) is 6.60. The SMILES string of the molecule is CCNc1cc(C)nc2c1c(=O)cc(Nc1ccccc1)n2-c1ccccc1. The highest BCUT2D eigenvalue weighted by Gasteiger charge is 2.16. The van der Waals surface area contributed by atoms with E-state index in [4.69, 9.17) is 4.98 Å². The molecule has 28 heavy (non-hydrogen) atoms. The number of rotatable bonds is 5. The van der Waals surface area contributed by atoms with E-state index in [0.717, 1.165) is 29.3 Å². The summed E-state index contributed by atoms with van der Waals surface area (Å²) in [7, 11) is 0. The molecule has 0 bridgehead atoms. The van der Waals surface area contributed by atoms with E-state index in [1.165, 1.54) is 0 Å². The van der Waals surface area contributed by atoms with Crippen molar-refractivity contribution in [1.29, 1.82) is 0 Å². The number of pyridine rings is 2. The lowest BCUT2D eigenvalue weighted by atomic mass is 10.2. The largest absolute Gasteiger partial charge is 0.385 e. The number of para-hydroxylation sites is 2. The fraction of sp³-hybridized carbons (Fsp3) is 0.130. The predicted octanol–water partition coefficient (Wildman–Crippen LogP) is 4.87. The van der Waals surface area contributed by atoms with Crippen molar-refractivity contribution in [2.24, 2.45) is 0 Å². The Morgan fingerprint density at radius 3 is 2.32 bits per heavy atom. The Labute approximate surface area is 163 Å². The fourth-order valence-electron chi connectivity index (χ4n) is 3.37. The lowest BCUT2D eigenvalue weighted by Crippen LogP contribution is -2.16. The summed E-state index contributed by atoms with van der Waals surface area (Å²) in [4.78, 5) is 17.8. The van der Waals surface area contributed by atoms with E-state index in [-0.39, 0.29) is 5.43 Å². The van der Waals surface area contributed by atoms with Gasteiger partial charge in [0, 0.05) is 29.7 Å². The first-order valence-corrected chi connectivity index (χ1v) is 9.36. The average molecular weight is 370 g/mol. The van der Waals surface area contributed by atoms with Crippen molar-refractivity contribution in [2.45, 2.75) is 13.8 Å². The van der Waals surface area contributed by atoms with Crippen molar-refractivity contribution >= 4 is 28.2 Å². The van der Waals surface area contributed by atoms with Crippen LogP contribution in [0.3, 0.4) is 0 Å². The van der Waals surface area contributed by atoms with Gasteiger partial charge in [0.25, 0.3) is 0 Å². The molecule has 0 radical (unpaired) electrons. The summed E-state index contributed by atoms with van der Waals surface area (Å²) in [5, 5.41) is 7.28. The van der Waals surface area contributed by atoms with Crippen molar-refractivity contribution < 1.29 is 0 Å². The maximum atomic E-state index is 13.0. The van der Waals surface area contributed by atoms with E-state index in [0.29, 0.717) is 16.9 Å². The zero-order valence-electron chi connectivity index (χ0n) is 15.9. The average Bonchev–Trinajstić information content (AvgIpc) is 2.69. The van der Waals surface area contributed by atoms with Crippen LogP contribution in [0.4, 0.5) is 17.2 Å². The minimum atomic E-state index is -0.0657. The van der Waals surface area contributed by atoms with E-state index in [1.807, 2.05) is 85.1 Å². The maximum Gasteiger partial charge on any atom is 0.195 e. The molecule has 0 aliphatic carbocycles. The summed E-state index contributed by atoms with van der Waals surface area (Å²) in [6.07, 6.45) is 0. The molecule has 2 heterocycles. The summed E-state index contributed by atoms with van der Waals surface area (Å²) < 4.78 is 2.00. The molecular formula is C23H22N4O. The Morgan fingerprint density at radius 1 is 0.964 bits per heavy atom. The van der Waals surface area contributed by atoms with E-state index in [1.54, 1.807) is 6.07 Å². The number of nitrogens with one attached hydrogen (secondary N) is 2. The zero-order chi connectivity index (χ0) is 19.5. The molecule has 0 saturated heterocycles. The van der Waals surface area contributed by atoms with Gasteiger partial charge in [0.1, 0.15) is 5.82 Å². The summed E-state index contributed by atoms with van der Waals surface area (Å²) in [6.45, 7) is 4.69. The van der Waals surface area contributed by atoms with E-state index < -0.39 is 0 Å². The van der Waals surface area contributed by atoms with E-state index in [2.05, 4.69) is 10.6 Å². The lowest BCUT2D eigenvalue weighted by molar-refractivity contribution is 1.05. The molecule has 2 N–H and O–H groups in total. The van der Waals surface area contributed by atoms with Crippen LogP contribution < -0.4 is 16.1 Å². The third kappa shape index (κ3) is 3.34. The summed E-state index contributed by atoms with van der Waals surface area (Å²) in [6, 6.07) is 23.3. The number of aromatic nitrogens is 2. The van der Waals surface area contributed by atoms with Crippen molar-refractivity contribution in [3.63, 3.8) is 0 Å². The summed E-state index contributed by atoms with van der Waals surface area (Å²) >= 11 is 0. The van der Waals surface area contributed by atoms with Gasteiger partial charge in [-0.25, -0.2) is 4.98 Å². The molecule has 5 nitrogen and oxygen atoms in total. The van der Waals surface area contributed by atoms with Crippen LogP contribution in [0.1, 0.15) is 12.6 Å². The molecule has 0 aliphatic heterocycles. The van der Waals surface area contributed by atoms with Gasteiger partial charge in [-0.15, -0.1) is 0 Å². The first kappa shape index (κ1) is 17.8. The molecule has 0 amide bonds. The molecule has 2 aromatic heterocycles. The first-order valence-electron chi connectivity index (χ1n) is 9.36. The van der Waals surface area contributed by atoms with Crippen LogP contribution in [0, 0.1) is 6.92 Å². The second-order valence-electron chi connectivity index (χ2n) is 6.60. The van der Waals surface area contributed by atoms with Gasteiger partial charge in [-0.3, -0.25) is 9.36 Å². The summed E-state index contributed by atoms with van der Waals surface area (Å²) in [5.74, 6) is 0.676. The molecule has 0 aliphatic rings. The highest BCUT2D eigenvalue weighted by molar-refractivity contribution is 5.92. The molecule has 0 unspecified atom stereocenters. The molecular weight excluding hydrogens is 348 g/mol. The molecule has 0 atom stereocenters. The van der Waals surface area contributed by atoms with Crippen LogP contribution in [-0.2, 0) is 0 Å². The molecule has 0 fully saturated rings. The molecule has 0 spiro atoms. The van der Waals surface area contributed by atoms with Gasteiger partial charge >= 0.3 is 0 Å². The van der Waals surface area contributed by atoms with Gasteiger partial charge in [-0.05, 0) is 44.2 Å². The number of hydrogen-bond acceptors (Lipinski definition) is 4. The molecule has 140 valence electrons.